The minimum absolute atomic E-state index is 0.172. The van der Waals surface area contributed by atoms with E-state index in [1.807, 2.05) is 4.90 Å². The van der Waals surface area contributed by atoms with Crippen LogP contribution in [0.2, 0.25) is 0 Å². The maximum absolute atomic E-state index is 13.2. The number of furan rings is 1. The van der Waals surface area contributed by atoms with Crippen LogP contribution in [0.1, 0.15) is 10.6 Å². The smallest absolute Gasteiger partial charge is 0.374 e. The normalized spacial score (nSPS) is 15.0. The number of halogens is 2. The summed E-state index contributed by atoms with van der Waals surface area (Å²) in [6, 6.07) is 7.74. The molecule has 1 aliphatic heterocycles. The summed E-state index contributed by atoms with van der Waals surface area (Å²) in [6.07, 6.45) is -0.199. The topological polar surface area (TPSA) is 55.6 Å². The van der Waals surface area contributed by atoms with Gasteiger partial charge in [0.15, 0.2) is 9.80 Å². The van der Waals surface area contributed by atoms with Gasteiger partial charge in [-0.05, 0) is 46.3 Å². The van der Waals surface area contributed by atoms with Crippen LogP contribution in [0.15, 0.2) is 39.4 Å². The van der Waals surface area contributed by atoms with Crippen molar-refractivity contribution in [1.29, 1.82) is 0 Å². The van der Waals surface area contributed by atoms with E-state index in [0.717, 1.165) is 15.3 Å². The van der Waals surface area contributed by atoms with Crippen LogP contribution in [0.4, 0.5) is 9.52 Å². The van der Waals surface area contributed by atoms with E-state index >= 15 is 0 Å². The number of rotatable bonds is 3. The van der Waals surface area contributed by atoms with Gasteiger partial charge in [-0.2, -0.15) is 0 Å². The summed E-state index contributed by atoms with van der Waals surface area (Å²) in [5.41, 5.74) is 0.771. The highest BCUT2D eigenvalue weighted by Gasteiger charge is 2.33. The Morgan fingerprint density at radius 3 is 2.96 bits per heavy atom. The molecule has 0 amide bonds. The van der Waals surface area contributed by atoms with E-state index in [1.54, 1.807) is 18.2 Å². The predicted octanol–water partition coefficient (Wildman–Crippen LogP) is 3.84. The number of benzene rings is 1. The van der Waals surface area contributed by atoms with Crippen LogP contribution in [0.3, 0.4) is 0 Å². The van der Waals surface area contributed by atoms with Gasteiger partial charge in [0.05, 0.1) is 23.3 Å². The van der Waals surface area contributed by atoms with Crippen LogP contribution in [-0.2, 0) is 4.74 Å². The maximum atomic E-state index is 13.2. The molecule has 23 heavy (non-hydrogen) atoms. The summed E-state index contributed by atoms with van der Waals surface area (Å²) in [7, 11) is 0. The Labute approximate surface area is 142 Å². The number of ether oxygens (including phenoxy) is 1. The molecule has 1 fully saturated rings. The molecule has 1 saturated heterocycles. The minimum atomic E-state index is -0.480. The SMILES string of the molecule is O=C(OC1CN(c2nc3ccc(F)cc3s2)C1)c1ccc(Br)o1. The van der Waals surface area contributed by atoms with Crippen LogP contribution in [-0.4, -0.2) is 30.1 Å². The molecule has 0 spiro atoms. The maximum Gasteiger partial charge on any atom is 0.374 e. The third-order valence-corrected chi connectivity index (χ3v) is 5.01. The molecule has 1 aliphatic rings. The summed E-state index contributed by atoms with van der Waals surface area (Å²) in [5, 5.41) is 0.804. The molecule has 0 radical (unpaired) electrons. The monoisotopic (exact) mass is 396 g/mol. The largest absolute Gasteiger partial charge is 0.453 e. The van der Waals surface area contributed by atoms with Gasteiger partial charge in [-0.1, -0.05) is 11.3 Å². The second-order valence-electron chi connectivity index (χ2n) is 5.14. The molecule has 0 atom stereocenters. The fourth-order valence-corrected chi connectivity index (χ4v) is 3.64. The Bertz CT molecular complexity index is 888. The highest BCUT2D eigenvalue weighted by atomic mass is 79.9. The molecule has 118 valence electrons. The second-order valence-corrected chi connectivity index (χ2v) is 6.94. The molecule has 5 nitrogen and oxygen atoms in total. The summed E-state index contributed by atoms with van der Waals surface area (Å²) in [4.78, 5) is 18.3. The van der Waals surface area contributed by atoms with E-state index < -0.39 is 5.97 Å². The molecule has 0 bridgehead atoms. The zero-order valence-electron chi connectivity index (χ0n) is 11.7. The van der Waals surface area contributed by atoms with Gasteiger partial charge in [0.25, 0.3) is 0 Å². The lowest BCUT2D eigenvalue weighted by Crippen LogP contribution is -2.53. The van der Waals surface area contributed by atoms with Gasteiger partial charge in [-0.15, -0.1) is 0 Å². The number of carbonyl (C=O) groups excluding carboxylic acids is 1. The molecular weight excluding hydrogens is 387 g/mol. The number of nitrogens with zero attached hydrogens (tertiary/aromatic N) is 2. The number of thiazole rings is 1. The first-order valence-corrected chi connectivity index (χ1v) is 8.47. The van der Waals surface area contributed by atoms with Crippen LogP contribution in [0.25, 0.3) is 10.2 Å². The van der Waals surface area contributed by atoms with Crippen molar-refractivity contribution >= 4 is 48.6 Å². The molecule has 0 aliphatic carbocycles. The minimum Gasteiger partial charge on any atom is -0.453 e. The van der Waals surface area contributed by atoms with Crippen molar-refractivity contribution in [2.24, 2.45) is 0 Å². The lowest BCUT2D eigenvalue weighted by Gasteiger charge is -2.37. The zero-order chi connectivity index (χ0) is 16.0. The van der Waals surface area contributed by atoms with Crippen molar-refractivity contribution in [3.63, 3.8) is 0 Å². The number of carbonyl (C=O) groups is 1. The Kier molecular flexibility index (Phi) is 3.57. The van der Waals surface area contributed by atoms with Gasteiger partial charge in [0.1, 0.15) is 11.9 Å². The molecule has 8 heteroatoms. The number of anilines is 1. The van der Waals surface area contributed by atoms with Crippen LogP contribution < -0.4 is 4.90 Å². The van der Waals surface area contributed by atoms with E-state index in [4.69, 9.17) is 9.15 Å². The lowest BCUT2D eigenvalue weighted by molar-refractivity contribution is 0.0198. The Morgan fingerprint density at radius 2 is 2.22 bits per heavy atom. The molecule has 3 heterocycles. The first-order valence-electron chi connectivity index (χ1n) is 6.86. The highest BCUT2D eigenvalue weighted by Crippen LogP contribution is 2.32. The number of aromatic nitrogens is 1. The fourth-order valence-electron chi connectivity index (χ4n) is 2.32. The van der Waals surface area contributed by atoms with Crippen molar-refractivity contribution in [3.8, 4) is 0 Å². The summed E-state index contributed by atoms with van der Waals surface area (Å²) in [6.45, 7) is 1.13. The number of esters is 1. The van der Waals surface area contributed by atoms with Gasteiger partial charge in [0.2, 0.25) is 5.76 Å². The Morgan fingerprint density at radius 1 is 1.39 bits per heavy atom. The van der Waals surface area contributed by atoms with Crippen molar-refractivity contribution in [1.82, 2.24) is 4.98 Å². The second kappa shape index (κ2) is 5.61. The highest BCUT2D eigenvalue weighted by molar-refractivity contribution is 9.10. The van der Waals surface area contributed by atoms with Gasteiger partial charge >= 0.3 is 5.97 Å². The Balaban J connectivity index is 1.39. The van der Waals surface area contributed by atoms with E-state index in [-0.39, 0.29) is 17.7 Å². The van der Waals surface area contributed by atoms with Gasteiger partial charge in [-0.25, -0.2) is 14.2 Å². The van der Waals surface area contributed by atoms with Crippen LogP contribution in [0, 0.1) is 5.82 Å². The lowest BCUT2D eigenvalue weighted by atomic mass is 10.2. The molecule has 3 aromatic rings. The van der Waals surface area contributed by atoms with E-state index in [9.17, 15) is 9.18 Å². The van der Waals surface area contributed by atoms with Crippen molar-refractivity contribution in [2.45, 2.75) is 6.10 Å². The van der Waals surface area contributed by atoms with E-state index in [0.29, 0.717) is 17.8 Å². The zero-order valence-corrected chi connectivity index (χ0v) is 14.1. The molecule has 2 aromatic heterocycles. The first kappa shape index (κ1) is 14.6. The third-order valence-electron chi connectivity index (χ3n) is 3.51. The summed E-state index contributed by atoms with van der Waals surface area (Å²) in [5.74, 6) is -0.578. The fraction of sp³-hybridized carbons (Fsp3) is 0.200. The number of hydrogen-bond donors (Lipinski definition) is 0. The average Bonchev–Trinajstić information content (AvgIpc) is 3.07. The first-order chi connectivity index (χ1) is 11.1. The molecule has 1 aromatic carbocycles. The van der Waals surface area contributed by atoms with Crippen LogP contribution >= 0.6 is 27.3 Å². The summed E-state index contributed by atoms with van der Waals surface area (Å²) >= 11 is 4.57. The predicted molar refractivity (Wildman–Crippen MR) is 87.4 cm³/mol. The van der Waals surface area contributed by atoms with E-state index in [2.05, 4.69) is 20.9 Å². The van der Waals surface area contributed by atoms with Gasteiger partial charge in [-0.3, -0.25) is 0 Å². The van der Waals surface area contributed by atoms with Gasteiger partial charge < -0.3 is 14.1 Å². The standard InChI is InChI=1S/C15H10BrFN2O3S/c16-13-4-3-11(22-13)14(20)21-9-6-19(7-9)15-18-10-2-1-8(17)5-12(10)23-15/h1-5,9H,6-7H2. The van der Waals surface area contributed by atoms with E-state index in [1.165, 1.54) is 23.5 Å². The van der Waals surface area contributed by atoms with Gasteiger partial charge in [0, 0.05) is 0 Å². The van der Waals surface area contributed by atoms with Crippen molar-refractivity contribution in [2.75, 3.05) is 18.0 Å². The average molecular weight is 397 g/mol. The Hall–Kier alpha value is -1.93. The molecular formula is C15H10BrFN2O3S. The number of hydrogen-bond acceptors (Lipinski definition) is 6. The molecule has 4 rings (SSSR count). The molecule has 0 unspecified atom stereocenters. The van der Waals surface area contributed by atoms with Crippen molar-refractivity contribution in [3.05, 3.63) is 46.6 Å². The third kappa shape index (κ3) is 2.84. The molecule has 0 saturated carbocycles. The van der Waals surface area contributed by atoms with Crippen molar-refractivity contribution < 1.29 is 18.3 Å². The molecule has 0 N–H and O–H groups in total. The summed E-state index contributed by atoms with van der Waals surface area (Å²) < 4.78 is 25.0. The number of fused-ring (bicyclic) bond motifs is 1. The van der Waals surface area contributed by atoms with Crippen LogP contribution in [0.5, 0.6) is 0 Å². The quantitative estimate of drug-likeness (QED) is 0.629.